The molecule has 0 aliphatic heterocycles. The quantitative estimate of drug-likeness (QED) is 0.688. The minimum absolute atomic E-state index is 0.401. The Morgan fingerprint density at radius 3 is 2.52 bits per heavy atom. The van der Waals surface area contributed by atoms with Crippen molar-refractivity contribution in [2.24, 2.45) is 5.92 Å². The second-order valence-corrected chi connectivity index (χ2v) is 5.77. The summed E-state index contributed by atoms with van der Waals surface area (Å²) in [5.41, 5.74) is 3.29. The molecule has 2 heteroatoms. The maximum Gasteiger partial charge on any atom is 0.135 e. The summed E-state index contributed by atoms with van der Waals surface area (Å²) in [5, 5.41) is 6.04. The van der Waals surface area contributed by atoms with Crippen molar-refractivity contribution in [2.45, 2.75) is 33.2 Å². The lowest BCUT2D eigenvalue weighted by molar-refractivity contribution is 0.384. The van der Waals surface area contributed by atoms with E-state index in [1.54, 1.807) is 0 Å². The molecule has 0 bridgehead atoms. The van der Waals surface area contributed by atoms with Crippen LogP contribution in [0.25, 0.3) is 21.9 Å². The van der Waals surface area contributed by atoms with Gasteiger partial charge in [0.25, 0.3) is 0 Å². The van der Waals surface area contributed by atoms with Gasteiger partial charge < -0.3 is 9.73 Å². The molecule has 0 saturated carbocycles. The van der Waals surface area contributed by atoms with E-state index >= 15 is 0 Å². The van der Waals surface area contributed by atoms with Crippen molar-refractivity contribution in [3.63, 3.8) is 0 Å². The van der Waals surface area contributed by atoms with Gasteiger partial charge in [0, 0.05) is 16.8 Å². The van der Waals surface area contributed by atoms with Gasteiger partial charge in [-0.1, -0.05) is 51.5 Å². The van der Waals surface area contributed by atoms with Gasteiger partial charge in [0.05, 0.1) is 0 Å². The molecule has 0 spiro atoms. The molecule has 1 aromatic heterocycles. The molecule has 2 aromatic carbocycles. The number of benzene rings is 2. The maximum absolute atomic E-state index is 5.91. The Morgan fingerprint density at radius 1 is 1.00 bits per heavy atom. The summed E-state index contributed by atoms with van der Waals surface area (Å²) in [6, 6.07) is 15.3. The Balaban J connectivity index is 2.12. The van der Waals surface area contributed by atoms with Gasteiger partial charge >= 0.3 is 0 Å². The van der Waals surface area contributed by atoms with Crippen molar-refractivity contribution in [3.05, 3.63) is 48.0 Å². The number of nitrogens with one attached hydrogen (secondary N) is 1. The highest BCUT2D eigenvalue weighted by atomic mass is 16.3. The summed E-state index contributed by atoms with van der Waals surface area (Å²) in [7, 11) is 0. The van der Waals surface area contributed by atoms with Crippen LogP contribution in [0.15, 0.2) is 46.9 Å². The second-order valence-electron chi connectivity index (χ2n) is 5.77. The van der Waals surface area contributed by atoms with Gasteiger partial charge in [-0.2, -0.15) is 0 Å². The fourth-order valence-electron chi connectivity index (χ4n) is 3.04. The van der Waals surface area contributed by atoms with Gasteiger partial charge in [0.2, 0.25) is 0 Å². The summed E-state index contributed by atoms with van der Waals surface area (Å²) in [5.74, 6) is 0.612. The molecular weight excluding hydrogens is 258 g/mol. The van der Waals surface area contributed by atoms with E-state index < -0.39 is 0 Å². The van der Waals surface area contributed by atoms with Gasteiger partial charge in [-0.05, 0) is 36.2 Å². The zero-order valence-corrected chi connectivity index (χ0v) is 13.0. The molecule has 0 radical (unpaired) electrons. The van der Waals surface area contributed by atoms with Crippen LogP contribution in [0.5, 0.6) is 0 Å². The van der Waals surface area contributed by atoms with Crippen molar-refractivity contribution in [3.8, 4) is 0 Å². The monoisotopic (exact) mass is 281 g/mol. The highest BCUT2D eigenvalue weighted by Gasteiger charge is 2.18. The average molecular weight is 281 g/mol. The van der Waals surface area contributed by atoms with Crippen LogP contribution in [-0.4, -0.2) is 6.54 Å². The van der Waals surface area contributed by atoms with E-state index in [9.17, 15) is 0 Å². The van der Waals surface area contributed by atoms with E-state index in [4.69, 9.17) is 4.42 Å². The summed E-state index contributed by atoms with van der Waals surface area (Å²) >= 11 is 0. The van der Waals surface area contributed by atoms with Crippen LogP contribution in [0.2, 0.25) is 0 Å². The first-order valence-electron chi connectivity index (χ1n) is 7.89. The Kier molecular flexibility index (Phi) is 3.98. The van der Waals surface area contributed by atoms with E-state index in [1.165, 1.54) is 22.8 Å². The van der Waals surface area contributed by atoms with E-state index in [1.807, 2.05) is 12.1 Å². The third-order valence-electron chi connectivity index (χ3n) is 4.40. The molecule has 1 heterocycles. The molecule has 2 nitrogen and oxygen atoms in total. The minimum Gasteiger partial charge on any atom is -0.456 e. The van der Waals surface area contributed by atoms with Crippen molar-refractivity contribution in [1.29, 1.82) is 0 Å². The largest absolute Gasteiger partial charge is 0.456 e. The van der Waals surface area contributed by atoms with Gasteiger partial charge in [-0.15, -0.1) is 0 Å². The van der Waals surface area contributed by atoms with Crippen molar-refractivity contribution >= 4 is 21.9 Å². The standard InChI is InChI=1S/C19H23NO/c1-4-13(3)19(20-5-2)14-10-11-18-16(12-14)15-8-6-7-9-17(15)21-18/h6-13,19-20H,4-5H2,1-3H3. The highest BCUT2D eigenvalue weighted by Crippen LogP contribution is 2.32. The summed E-state index contributed by atoms with van der Waals surface area (Å²) in [6.07, 6.45) is 1.17. The molecule has 0 aliphatic rings. The summed E-state index contributed by atoms with van der Waals surface area (Å²) in [4.78, 5) is 0. The molecule has 110 valence electrons. The topological polar surface area (TPSA) is 25.2 Å². The van der Waals surface area contributed by atoms with Crippen LogP contribution in [-0.2, 0) is 0 Å². The van der Waals surface area contributed by atoms with Crippen molar-refractivity contribution in [1.82, 2.24) is 5.32 Å². The SMILES string of the molecule is CCNC(c1ccc2oc3ccccc3c2c1)C(C)CC. The highest BCUT2D eigenvalue weighted by molar-refractivity contribution is 6.05. The lowest BCUT2D eigenvalue weighted by atomic mass is 9.91. The normalized spacial score (nSPS) is 14.6. The third kappa shape index (κ3) is 2.56. The average Bonchev–Trinajstić information content (AvgIpc) is 2.89. The zero-order chi connectivity index (χ0) is 14.8. The number of hydrogen-bond acceptors (Lipinski definition) is 2. The Morgan fingerprint density at radius 2 is 1.76 bits per heavy atom. The molecule has 1 N–H and O–H groups in total. The first-order valence-corrected chi connectivity index (χ1v) is 7.89. The smallest absolute Gasteiger partial charge is 0.135 e. The molecule has 0 saturated heterocycles. The van der Waals surface area contributed by atoms with Crippen molar-refractivity contribution < 1.29 is 4.42 Å². The van der Waals surface area contributed by atoms with E-state index in [2.05, 4.69) is 56.4 Å². The lowest BCUT2D eigenvalue weighted by Gasteiger charge is -2.24. The predicted octanol–water partition coefficient (Wildman–Crippen LogP) is 5.28. The minimum atomic E-state index is 0.401. The van der Waals surface area contributed by atoms with Crippen LogP contribution in [0.3, 0.4) is 0 Å². The third-order valence-corrected chi connectivity index (χ3v) is 4.40. The summed E-state index contributed by atoms with van der Waals surface area (Å²) in [6.45, 7) is 7.71. The number of hydrogen-bond donors (Lipinski definition) is 1. The van der Waals surface area contributed by atoms with E-state index in [0.717, 1.165) is 17.7 Å². The van der Waals surface area contributed by atoms with Crippen LogP contribution >= 0.6 is 0 Å². The molecule has 0 amide bonds. The van der Waals surface area contributed by atoms with Gasteiger partial charge in [-0.25, -0.2) is 0 Å². The van der Waals surface area contributed by atoms with Gasteiger partial charge in [0.1, 0.15) is 11.2 Å². The van der Waals surface area contributed by atoms with Gasteiger partial charge in [0.15, 0.2) is 0 Å². The lowest BCUT2D eigenvalue weighted by Crippen LogP contribution is -2.26. The van der Waals surface area contributed by atoms with Gasteiger partial charge in [-0.3, -0.25) is 0 Å². The number of furan rings is 1. The van der Waals surface area contributed by atoms with Crippen LogP contribution in [0.1, 0.15) is 38.8 Å². The van der Waals surface area contributed by atoms with Crippen molar-refractivity contribution in [2.75, 3.05) is 6.54 Å². The Hall–Kier alpha value is -1.80. The first-order chi connectivity index (χ1) is 10.2. The van der Waals surface area contributed by atoms with Crippen LogP contribution < -0.4 is 5.32 Å². The molecule has 21 heavy (non-hydrogen) atoms. The molecule has 3 rings (SSSR count). The number of rotatable bonds is 5. The van der Waals surface area contributed by atoms with E-state index in [0.29, 0.717) is 12.0 Å². The second kappa shape index (κ2) is 5.90. The number of para-hydroxylation sites is 1. The summed E-state index contributed by atoms with van der Waals surface area (Å²) < 4.78 is 5.91. The molecule has 0 fully saturated rings. The Bertz CT molecular complexity index is 743. The fourth-order valence-corrected chi connectivity index (χ4v) is 3.04. The molecule has 3 aromatic rings. The maximum atomic E-state index is 5.91. The molecule has 0 aliphatic carbocycles. The molecular formula is C19H23NO. The first kappa shape index (κ1) is 14.2. The zero-order valence-electron chi connectivity index (χ0n) is 13.0. The molecule has 2 unspecified atom stereocenters. The van der Waals surface area contributed by atoms with E-state index in [-0.39, 0.29) is 0 Å². The predicted molar refractivity (Wildman–Crippen MR) is 89.6 cm³/mol. The van der Waals surface area contributed by atoms with Crippen LogP contribution in [0.4, 0.5) is 0 Å². The Labute approximate surface area is 126 Å². The molecule has 2 atom stereocenters. The van der Waals surface area contributed by atoms with Crippen LogP contribution in [0, 0.1) is 5.92 Å². The fraction of sp³-hybridized carbons (Fsp3) is 0.368. The number of fused-ring (bicyclic) bond motifs is 3.